The number of halogens is 2. The van der Waals surface area contributed by atoms with Crippen molar-refractivity contribution in [3.63, 3.8) is 0 Å². The van der Waals surface area contributed by atoms with Gasteiger partial charge in [0.2, 0.25) is 0 Å². The van der Waals surface area contributed by atoms with Crippen LogP contribution in [-0.4, -0.2) is 17.0 Å². The molecule has 0 bridgehead atoms. The van der Waals surface area contributed by atoms with Gasteiger partial charge in [-0.05, 0) is 36.6 Å². The average Bonchev–Trinajstić information content (AvgIpc) is 3.31. The van der Waals surface area contributed by atoms with Crippen LogP contribution in [0.1, 0.15) is 28.8 Å². The van der Waals surface area contributed by atoms with Crippen LogP contribution in [0.15, 0.2) is 48.7 Å². The normalized spacial score (nSPS) is 15.3. The molecular formula is C20H18ClFN2O. The van der Waals surface area contributed by atoms with Crippen molar-refractivity contribution < 1.29 is 9.18 Å². The standard InChI is InChI=1S/C20H18ClFN2O/c1-24-11-14(13-5-2-3-8-17(13)24)20(9-10-20)12-23-19(25)18-15(21)6-4-7-16(18)22/h2-8,11H,9-10,12H2,1H3,(H,23,25). The maximum atomic E-state index is 13.9. The third kappa shape index (κ3) is 2.71. The van der Waals surface area contributed by atoms with Crippen LogP contribution in [0.2, 0.25) is 5.02 Å². The minimum Gasteiger partial charge on any atom is -0.351 e. The van der Waals surface area contributed by atoms with Crippen molar-refractivity contribution in [1.29, 1.82) is 0 Å². The van der Waals surface area contributed by atoms with Crippen LogP contribution >= 0.6 is 11.6 Å². The van der Waals surface area contributed by atoms with Gasteiger partial charge in [0, 0.05) is 36.1 Å². The first-order chi connectivity index (χ1) is 12.0. The van der Waals surface area contributed by atoms with Gasteiger partial charge in [-0.1, -0.05) is 35.9 Å². The summed E-state index contributed by atoms with van der Waals surface area (Å²) >= 11 is 5.98. The molecule has 1 aromatic heterocycles. The summed E-state index contributed by atoms with van der Waals surface area (Å²) in [6.45, 7) is 0.477. The van der Waals surface area contributed by atoms with E-state index in [0.717, 1.165) is 12.8 Å². The molecular weight excluding hydrogens is 339 g/mol. The molecule has 1 amide bonds. The Morgan fingerprint density at radius 1 is 1.24 bits per heavy atom. The number of hydrogen-bond acceptors (Lipinski definition) is 1. The second-order valence-corrected chi connectivity index (χ2v) is 7.14. The van der Waals surface area contributed by atoms with Gasteiger partial charge in [0.05, 0.1) is 10.6 Å². The zero-order chi connectivity index (χ0) is 17.6. The Kier molecular flexibility index (Phi) is 3.80. The number of nitrogens with one attached hydrogen (secondary N) is 1. The SMILES string of the molecule is Cn1cc(C2(CNC(=O)c3c(F)cccc3Cl)CC2)c2ccccc21. The summed E-state index contributed by atoms with van der Waals surface area (Å²) in [5, 5.41) is 4.22. The highest BCUT2D eigenvalue weighted by Crippen LogP contribution is 2.50. The first-order valence-electron chi connectivity index (χ1n) is 8.29. The zero-order valence-electron chi connectivity index (χ0n) is 13.9. The Morgan fingerprint density at radius 2 is 2.00 bits per heavy atom. The van der Waals surface area contributed by atoms with Gasteiger partial charge >= 0.3 is 0 Å². The Hall–Kier alpha value is -2.33. The fourth-order valence-electron chi connectivity index (χ4n) is 3.51. The van der Waals surface area contributed by atoms with Crippen molar-refractivity contribution in [2.75, 3.05) is 6.54 Å². The molecule has 1 heterocycles. The highest BCUT2D eigenvalue weighted by atomic mass is 35.5. The van der Waals surface area contributed by atoms with E-state index in [0.29, 0.717) is 6.54 Å². The molecule has 1 N–H and O–H groups in total. The number of carbonyl (C=O) groups is 1. The fourth-order valence-corrected chi connectivity index (χ4v) is 3.76. The summed E-state index contributed by atoms with van der Waals surface area (Å²) < 4.78 is 16.0. The lowest BCUT2D eigenvalue weighted by Gasteiger charge is -2.16. The summed E-state index contributed by atoms with van der Waals surface area (Å²) in [6, 6.07) is 12.5. The van der Waals surface area contributed by atoms with Crippen LogP contribution in [0.5, 0.6) is 0 Å². The van der Waals surface area contributed by atoms with Crippen molar-refractivity contribution >= 4 is 28.4 Å². The van der Waals surface area contributed by atoms with Gasteiger partial charge in [-0.15, -0.1) is 0 Å². The van der Waals surface area contributed by atoms with E-state index in [1.54, 1.807) is 0 Å². The average molecular weight is 357 g/mol. The first-order valence-corrected chi connectivity index (χ1v) is 8.66. The summed E-state index contributed by atoms with van der Waals surface area (Å²) in [5.41, 5.74) is 2.25. The minimum absolute atomic E-state index is 0.0751. The van der Waals surface area contributed by atoms with Crippen LogP contribution in [0.4, 0.5) is 4.39 Å². The molecule has 0 spiro atoms. The molecule has 0 radical (unpaired) electrons. The van der Waals surface area contributed by atoms with Crippen molar-refractivity contribution in [1.82, 2.24) is 9.88 Å². The van der Waals surface area contributed by atoms with E-state index in [1.807, 2.05) is 19.2 Å². The molecule has 4 rings (SSSR count). The Morgan fingerprint density at radius 3 is 2.72 bits per heavy atom. The first kappa shape index (κ1) is 16.2. The van der Waals surface area contributed by atoms with Crippen LogP contribution in [-0.2, 0) is 12.5 Å². The number of fused-ring (bicyclic) bond motifs is 1. The van der Waals surface area contributed by atoms with E-state index in [-0.39, 0.29) is 16.0 Å². The third-order valence-corrected chi connectivity index (χ3v) is 5.41. The monoisotopic (exact) mass is 356 g/mol. The highest BCUT2D eigenvalue weighted by molar-refractivity contribution is 6.33. The maximum Gasteiger partial charge on any atom is 0.255 e. The summed E-state index contributed by atoms with van der Waals surface area (Å²) in [7, 11) is 2.03. The molecule has 1 fully saturated rings. The van der Waals surface area contributed by atoms with Crippen molar-refractivity contribution in [3.05, 3.63) is 70.6 Å². The molecule has 1 aliphatic rings. The van der Waals surface area contributed by atoms with Crippen molar-refractivity contribution in [2.45, 2.75) is 18.3 Å². The van der Waals surface area contributed by atoms with Crippen LogP contribution in [0, 0.1) is 5.82 Å². The molecule has 0 atom stereocenters. The number of carbonyl (C=O) groups excluding carboxylic acids is 1. The minimum atomic E-state index is -0.597. The van der Waals surface area contributed by atoms with E-state index < -0.39 is 11.7 Å². The molecule has 128 valence electrons. The molecule has 1 aliphatic carbocycles. The molecule has 3 aromatic rings. The maximum absolute atomic E-state index is 13.9. The number of rotatable bonds is 4. The van der Waals surface area contributed by atoms with E-state index in [2.05, 4.69) is 28.2 Å². The van der Waals surface area contributed by atoms with E-state index >= 15 is 0 Å². The molecule has 1 saturated carbocycles. The van der Waals surface area contributed by atoms with Crippen molar-refractivity contribution in [2.24, 2.45) is 7.05 Å². The number of aromatic nitrogens is 1. The predicted octanol–water partition coefficient (Wildman–Crippen LogP) is 4.43. The second-order valence-electron chi connectivity index (χ2n) is 6.73. The lowest BCUT2D eigenvalue weighted by atomic mass is 9.95. The molecule has 0 saturated heterocycles. The predicted molar refractivity (Wildman–Crippen MR) is 97.6 cm³/mol. The summed E-state index contributed by atoms with van der Waals surface area (Å²) in [5.74, 6) is -1.06. The largest absolute Gasteiger partial charge is 0.351 e. The zero-order valence-corrected chi connectivity index (χ0v) is 14.6. The van der Waals surface area contributed by atoms with E-state index in [9.17, 15) is 9.18 Å². The number of nitrogens with zero attached hydrogens (tertiary/aromatic N) is 1. The fraction of sp³-hybridized carbons (Fsp3) is 0.250. The van der Waals surface area contributed by atoms with Crippen LogP contribution in [0.3, 0.4) is 0 Å². The number of aryl methyl sites for hydroxylation is 1. The Bertz CT molecular complexity index is 955. The summed E-state index contributed by atoms with van der Waals surface area (Å²) in [4.78, 5) is 12.4. The topological polar surface area (TPSA) is 34.0 Å². The molecule has 5 heteroatoms. The Balaban J connectivity index is 1.59. The van der Waals surface area contributed by atoms with Gasteiger partial charge in [0.25, 0.3) is 5.91 Å². The third-order valence-electron chi connectivity index (χ3n) is 5.10. The van der Waals surface area contributed by atoms with Gasteiger partial charge in [-0.3, -0.25) is 4.79 Å². The molecule has 25 heavy (non-hydrogen) atoms. The number of para-hydroxylation sites is 1. The molecule has 3 nitrogen and oxygen atoms in total. The highest BCUT2D eigenvalue weighted by Gasteiger charge is 2.46. The van der Waals surface area contributed by atoms with Crippen LogP contribution in [0.25, 0.3) is 10.9 Å². The van der Waals surface area contributed by atoms with Crippen molar-refractivity contribution in [3.8, 4) is 0 Å². The van der Waals surface area contributed by atoms with E-state index in [4.69, 9.17) is 11.6 Å². The summed E-state index contributed by atoms with van der Waals surface area (Å²) in [6.07, 6.45) is 4.15. The quantitative estimate of drug-likeness (QED) is 0.737. The number of hydrogen-bond donors (Lipinski definition) is 1. The van der Waals surface area contributed by atoms with E-state index in [1.165, 1.54) is 34.7 Å². The van der Waals surface area contributed by atoms with Gasteiger partial charge in [0.1, 0.15) is 5.82 Å². The number of benzene rings is 2. The lowest BCUT2D eigenvalue weighted by Crippen LogP contribution is -2.32. The van der Waals surface area contributed by atoms with Gasteiger partial charge in [-0.25, -0.2) is 4.39 Å². The molecule has 2 aromatic carbocycles. The number of amides is 1. The Labute approximate surface area is 150 Å². The lowest BCUT2D eigenvalue weighted by molar-refractivity contribution is 0.0946. The van der Waals surface area contributed by atoms with Gasteiger partial charge in [-0.2, -0.15) is 0 Å². The smallest absolute Gasteiger partial charge is 0.255 e. The van der Waals surface area contributed by atoms with Gasteiger partial charge in [0.15, 0.2) is 0 Å². The molecule has 0 unspecified atom stereocenters. The van der Waals surface area contributed by atoms with Gasteiger partial charge < -0.3 is 9.88 Å². The van der Waals surface area contributed by atoms with Crippen LogP contribution < -0.4 is 5.32 Å². The second kappa shape index (κ2) is 5.88. The molecule has 0 aliphatic heterocycles.